The van der Waals surface area contributed by atoms with Gasteiger partial charge in [0.15, 0.2) is 11.5 Å². The van der Waals surface area contributed by atoms with Crippen LogP contribution in [0, 0.1) is 0 Å². The van der Waals surface area contributed by atoms with Crippen molar-refractivity contribution in [1.29, 1.82) is 0 Å². The highest BCUT2D eigenvalue weighted by Crippen LogP contribution is 2.13. The molecule has 15 heavy (non-hydrogen) atoms. The Morgan fingerprint density at radius 3 is 3.20 bits per heavy atom. The summed E-state index contributed by atoms with van der Waals surface area (Å²) in [4.78, 5) is 14.9. The summed E-state index contributed by atoms with van der Waals surface area (Å²) >= 11 is 0. The third kappa shape index (κ3) is 2.12. The van der Waals surface area contributed by atoms with Crippen LogP contribution in [0.4, 0.5) is 5.82 Å². The Labute approximate surface area is 89.1 Å². The number of anilines is 1. The van der Waals surface area contributed by atoms with Gasteiger partial charge in [-0.25, -0.2) is 15.0 Å². The molecule has 0 saturated heterocycles. The third-order valence-corrected chi connectivity index (χ3v) is 1.95. The van der Waals surface area contributed by atoms with Crippen LogP contribution in [0.25, 0.3) is 11.2 Å². The summed E-state index contributed by atoms with van der Waals surface area (Å²) < 4.78 is 7.45. The summed E-state index contributed by atoms with van der Waals surface area (Å²) in [6, 6.07) is 0. The Morgan fingerprint density at radius 1 is 1.53 bits per heavy atom. The summed E-state index contributed by atoms with van der Waals surface area (Å²) in [7, 11) is 0. The van der Waals surface area contributed by atoms with Crippen molar-refractivity contribution in [2.75, 3.05) is 11.9 Å². The number of hydrogen-bond donors (Lipinski definition) is 2. The number of fused-ring (bicyclic) bond motifs is 1. The van der Waals surface area contributed by atoms with E-state index in [-0.39, 0.29) is 6.30 Å². The number of H-pyrrole nitrogens is 1. The average Bonchev–Trinajstić information content (AvgIpc) is 2.64. The van der Waals surface area contributed by atoms with Gasteiger partial charge in [0, 0.05) is 6.54 Å². The fourth-order valence-electron chi connectivity index (χ4n) is 1.20. The first kappa shape index (κ1) is 8.40. The first-order valence-corrected chi connectivity index (χ1v) is 4.72. The van der Waals surface area contributed by atoms with Crippen LogP contribution in [0.2, 0.25) is 0 Å². The Hall–Kier alpha value is -1.91. The molecule has 0 bridgehead atoms. The molecule has 0 aromatic carbocycles. The molecule has 0 unspecified atom stereocenters. The highest BCUT2D eigenvalue weighted by atomic mass is 15.1. The first-order chi connectivity index (χ1) is 7.66. The molecule has 2 heterocycles. The van der Waals surface area contributed by atoms with E-state index in [1.165, 1.54) is 5.57 Å². The van der Waals surface area contributed by atoms with Gasteiger partial charge >= 0.3 is 0 Å². The lowest BCUT2D eigenvalue weighted by atomic mass is 10.3. The minimum Gasteiger partial charge on any atom is -0.365 e. The number of hydrogen-bond acceptors (Lipinski definition) is 4. The molecule has 0 fully saturated rings. The zero-order chi connectivity index (χ0) is 11.5. The number of rotatable bonds is 3. The van der Waals surface area contributed by atoms with E-state index in [2.05, 4.69) is 25.3 Å². The van der Waals surface area contributed by atoms with Gasteiger partial charge in [0.2, 0.25) is 0 Å². The fourth-order valence-corrected chi connectivity index (χ4v) is 1.20. The predicted octanol–water partition coefficient (Wildman–Crippen LogP) is 1.73. The quantitative estimate of drug-likeness (QED) is 0.749. The van der Waals surface area contributed by atoms with Gasteiger partial charge < -0.3 is 10.3 Å². The third-order valence-electron chi connectivity index (χ3n) is 1.95. The van der Waals surface area contributed by atoms with E-state index in [0.717, 1.165) is 5.52 Å². The van der Waals surface area contributed by atoms with Crippen molar-refractivity contribution in [1.82, 2.24) is 19.9 Å². The molecule has 0 aliphatic heterocycles. The maximum atomic E-state index is 7.45. The molecule has 0 atom stereocenters. The van der Waals surface area contributed by atoms with Gasteiger partial charge in [0.05, 0.1) is 6.33 Å². The molecule has 5 nitrogen and oxygen atoms in total. The molecule has 2 N–H and O–H groups in total. The summed E-state index contributed by atoms with van der Waals surface area (Å²) in [5.74, 6) is 0.616. The SMILES string of the molecule is [3H]c1nc(NCC=C(C)C)c2[nH]cnc2n1. The number of nitrogens with zero attached hydrogens (tertiary/aromatic N) is 3. The van der Waals surface area contributed by atoms with Crippen LogP contribution >= 0.6 is 0 Å². The van der Waals surface area contributed by atoms with E-state index in [9.17, 15) is 0 Å². The number of nitrogens with one attached hydrogen (secondary N) is 2. The summed E-state index contributed by atoms with van der Waals surface area (Å²) in [5, 5.41) is 3.13. The van der Waals surface area contributed by atoms with Crippen LogP contribution in [0.15, 0.2) is 24.3 Å². The smallest absolute Gasteiger partial charge is 0.182 e. The second kappa shape index (κ2) is 4.08. The summed E-state index contributed by atoms with van der Waals surface area (Å²) in [6.45, 7) is 4.74. The maximum Gasteiger partial charge on any atom is 0.182 e. The maximum absolute atomic E-state index is 7.45. The van der Waals surface area contributed by atoms with E-state index in [4.69, 9.17) is 1.37 Å². The van der Waals surface area contributed by atoms with Crippen molar-refractivity contribution >= 4 is 17.0 Å². The number of aromatic nitrogens is 4. The lowest BCUT2D eigenvalue weighted by molar-refractivity contribution is 1.16. The molecule has 0 spiro atoms. The predicted molar refractivity (Wildman–Crippen MR) is 59.6 cm³/mol. The van der Waals surface area contributed by atoms with Gasteiger partial charge in [-0.1, -0.05) is 11.6 Å². The standard InChI is InChI=1S/C10H13N5/c1-7(2)3-4-11-9-8-10(13-5-12-8)15-6-14-9/h3,5-6H,4H2,1-2H3,(H2,11,12,13,14,15)/i6T. The minimum atomic E-state index is -0.0284. The van der Waals surface area contributed by atoms with Crippen LogP contribution in [0.3, 0.4) is 0 Å². The lowest BCUT2D eigenvalue weighted by Gasteiger charge is -2.02. The molecule has 0 saturated carbocycles. The Morgan fingerprint density at radius 2 is 2.40 bits per heavy atom. The van der Waals surface area contributed by atoms with Crippen LogP contribution < -0.4 is 5.32 Å². The minimum absolute atomic E-state index is 0.0284. The molecule has 5 heteroatoms. The van der Waals surface area contributed by atoms with Gasteiger partial charge in [0.25, 0.3) is 0 Å². The molecule has 2 aromatic rings. The second-order valence-corrected chi connectivity index (χ2v) is 3.44. The molecule has 0 aliphatic rings. The number of imidazole rings is 1. The van der Waals surface area contributed by atoms with E-state index >= 15 is 0 Å². The molecule has 0 aliphatic carbocycles. The van der Waals surface area contributed by atoms with Crippen molar-refractivity contribution in [2.45, 2.75) is 13.8 Å². The van der Waals surface area contributed by atoms with Crippen molar-refractivity contribution in [3.8, 4) is 0 Å². The van der Waals surface area contributed by atoms with Crippen LogP contribution in [-0.2, 0) is 0 Å². The van der Waals surface area contributed by atoms with Gasteiger partial charge in [-0.15, -0.1) is 0 Å². The molecule has 2 aromatic heterocycles. The Kier molecular flexibility index (Phi) is 2.29. The van der Waals surface area contributed by atoms with Gasteiger partial charge in [-0.3, -0.25) is 0 Å². The van der Waals surface area contributed by atoms with Gasteiger partial charge in [-0.2, -0.15) is 0 Å². The number of allylic oxidation sites excluding steroid dienone is 1. The van der Waals surface area contributed by atoms with Crippen molar-refractivity contribution in [2.24, 2.45) is 0 Å². The topological polar surface area (TPSA) is 66.5 Å². The van der Waals surface area contributed by atoms with Crippen LogP contribution in [-0.4, -0.2) is 26.5 Å². The zero-order valence-electron chi connectivity index (χ0n) is 9.70. The summed E-state index contributed by atoms with van der Waals surface area (Å²) in [6.07, 6.45) is 3.57. The summed E-state index contributed by atoms with van der Waals surface area (Å²) in [5.41, 5.74) is 2.48. The molecule has 0 radical (unpaired) electrons. The molecule has 78 valence electrons. The monoisotopic (exact) mass is 205 g/mol. The van der Waals surface area contributed by atoms with Crippen LogP contribution in [0.1, 0.15) is 15.2 Å². The van der Waals surface area contributed by atoms with Crippen LogP contribution in [0.5, 0.6) is 0 Å². The second-order valence-electron chi connectivity index (χ2n) is 3.44. The van der Waals surface area contributed by atoms with Gasteiger partial charge in [-0.05, 0) is 13.8 Å². The lowest BCUT2D eigenvalue weighted by Crippen LogP contribution is -2.02. The average molecular weight is 205 g/mol. The molecule has 0 amide bonds. The van der Waals surface area contributed by atoms with E-state index < -0.39 is 0 Å². The van der Waals surface area contributed by atoms with Gasteiger partial charge in [0.1, 0.15) is 13.2 Å². The Bertz CT molecular complexity index is 527. The fraction of sp³-hybridized carbons (Fsp3) is 0.300. The van der Waals surface area contributed by atoms with Crippen molar-refractivity contribution in [3.05, 3.63) is 24.3 Å². The normalized spacial score (nSPS) is 11.2. The molecular weight excluding hydrogens is 190 g/mol. The zero-order valence-corrected chi connectivity index (χ0v) is 8.70. The number of aromatic amines is 1. The largest absolute Gasteiger partial charge is 0.365 e. The Balaban J connectivity index is 2.28. The highest BCUT2D eigenvalue weighted by Gasteiger charge is 2.03. The van der Waals surface area contributed by atoms with E-state index in [1.54, 1.807) is 6.33 Å². The highest BCUT2D eigenvalue weighted by molar-refractivity contribution is 5.81. The first-order valence-electron chi connectivity index (χ1n) is 5.22. The molecule has 2 rings (SSSR count). The van der Waals surface area contributed by atoms with Crippen molar-refractivity contribution < 1.29 is 1.37 Å². The molecular formula is C10H13N5. The van der Waals surface area contributed by atoms with E-state index in [0.29, 0.717) is 18.0 Å². The van der Waals surface area contributed by atoms with E-state index in [1.807, 2.05) is 19.9 Å². The van der Waals surface area contributed by atoms with Crippen molar-refractivity contribution in [3.63, 3.8) is 0 Å².